The number of aryl methyl sites for hydroxylation is 1. The number of benzene rings is 1. The van der Waals surface area contributed by atoms with Gasteiger partial charge < -0.3 is 9.26 Å². The van der Waals surface area contributed by atoms with Crippen molar-refractivity contribution in [2.45, 2.75) is 45.6 Å². The van der Waals surface area contributed by atoms with Crippen LogP contribution in [0.5, 0.6) is 0 Å². The predicted molar refractivity (Wildman–Crippen MR) is 90.4 cm³/mol. The molecule has 1 N–H and O–H groups in total. The number of H-pyrrole nitrogens is 1. The standard InChI is InChI=1S/C18H22N4O2/c1-3-23-16(12-6-4-5-7-12)17-20-18(24-22-17)15-11(2)8-9-14-13(15)10-19-21-14/h8-10,12,16H,3-7H2,1-2H3,(H,19,21). The van der Waals surface area contributed by atoms with E-state index in [1.54, 1.807) is 6.20 Å². The molecule has 1 aliphatic carbocycles. The molecule has 6 nitrogen and oxygen atoms in total. The lowest BCUT2D eigenvalue weighted by molar-refractivity contribution is 0.0127. The van der Waals surface area contributed by atoms with Crippen LogP contribution in [0.4, 0.5) is 0 Å². The summed E-state index contributed by atoms with van der Waals surface area (Å²) in [5.41, 5.74) is 3.00. The molecule has 4 rings (SSSR count). The average Bonchev–Trinajstić information content (AvgIpc) is 3.33. The highest BCUT2D eigenvalue weighted by Crippen LogP contribution is 2.38. The van der Waals surface area contributed by atoms with E-state index in [2.05, 4.69) is 15.4 Å². The van der Waals surface area contributed by atoms with Gasteiger partial charge in [0.25, 0.3) is 5.89 Å². The monoisotopic (exact) mass is 326 g/mol. The maximum atomic E-state index is 5.96. The van der Waals surface area contributed by atoms with Gasteiger partial charge >= 0.3 is 0 Å². The SMILES string of the molecule is CCOC(c1noc(-c2c(C)ccc3[nH]ncc23)n1)C1CCCC1. The van der Waals surface area contributed by atoms with Crippen LogP contribution >= 0.6 is 0 Å². The molecule has 1 aliphatic rings. The van der Waals surface area contributed by atoms with Gasteiger partial charge in [-0.25, -0.2) is 0 Å². The van der Waals surface area contributed by atoms with Crippen LogP contribution in [0.1, 0.15) is 50.1 Å². The molecule has 0 radical (unpaired) electrons. The van der Waals surface area contributed by atoms with E-state index < -0.39 is 0 Å². The molecule has 0 saturated heterocycles. The molecule has 0 bridgehead atoms. The summed E-state index contributed by atoms with van der Waals surface area (Å²) >= 11 is 0. The van der Waals surface area contributed by atoms with Crippen LogP contribution in [-0.4, -0.2) is 26.9 Å². The Morgan fingerprint density at radius 1 is 1.33 bits per heavy atom. The van der Waals surface area contributed by atoms with E-state index in [0.717, 1.165) is 22.0 Å². The van der Waals surface area contributed by atoms with Crippen molar-refractivity contribution in [2.75, 3.05) is 6.61 Å². The number of hydrogen-bond donors (Lipinski definition) is 1. The van der Waals surface area contributed by atoms with Crippen LogP contribution in [0.25, 0.3) is 22.4 Å². The molecule has 1 aromatic carbocycles. The van der Waals surface area contributed by atoms with E-state index in [0.29, 0.717) is 24.2 Å². The summed E-state index contributed by atoms with van der Waals surface area (Å²) in [7, 11) is 0. The first-order chi connectivity index (χ1) is 11.8. The molecular weight excluding hydrogens is 304 g/mol. The fourth-order valence-electron chi connectivity index (χ4n) is 3.72. The fourth-order valence-corrected chi connectivity index (χ4v) is 3.72. The van der Waals surface area contributed by atoms with E-state index in [9.17, 15) is 0 Å². The largest absolute Gasteiger partial charge is 0.370 e. The Labute approximate surface area is 140 Å². The quantitative estimate of drug-likeness (QED) is 0.760. The molecule has 0 amide bonds. The Bertz CT molecular complexity index is 833. The Hall–Kier alpha value is -2.21. The number of hydrogen-bond acceptors (Lipinski definition) is 5. The van der Waals surface area contributed by atoms with Gasteiger partial charge in [-0.2, -0.15) is 10.1 Å². The molecular formula is C18H22N4O2. The number of rotatable bonds is 5. The summed E-state index contributed by atoms with van der Waals surface area (Å²) in [5.74, 6) is 1.69. The van der Waals surface area contributed by atoms with Gasteiger partial charge in [-0.05, 0) is 44.2 Å². The lowest BCUT2D eigenvalue weighted by Crippen LogP contribution is -2.15. The zero-order chi connectivity index (χ0) is 16.5. The Kier molecular flexibility index (Phi) is 4.06. The molecule has 24 heavy (non-hydrogen) atoms. The molecule has 3 aromatic rings. The van der Waals surface area contributed by atoms with Crippen molar-refractivity contribution in [1.82, 2.24) is 20.3 Å². The summed E-state index contributed by atoms with van der Waals surface area (Å²) in [6.07, 6.45) is 6.59. The van der Waals surface area contributed by atoms with Crippen molar-refractivity contribution in [3.63, 3.8) is 0 Å². The summed E-state index contributed by atoms with van der Waals surface area (Å²) in [6.45, 7) is 4.71. The first-order valence-electron chi connectivity index (χ1n) is 8.66. The van der Waals surface area contributed by atoms with Crippen LogP contribution in [-0.2, 0) is 4.74 Å². The molecule has 1 saturated carbocycles. The van der Waals surface area contributed by atoms with Gasteiger partial charge in [0.2, 0.25) is 5.82 Å². The molecule has 126 valence electrons. The highest BCUT2D eigenvalue weighted by atomic mass is 16.5. The fraction of sp³-hybridized carbons (Fsp3) is 0.500. The van der Waals surface area contributed by atoms with Crippen LogP contribution in [0.2, 0.25) is 0 Å². The van der Waals surface area contributed by atoms with Crippen molar-refractivity contribution in [2.24, 2.45) is 5.92 Å². The Balaban J connectivity index is 1.73. The van der Waals surface area contributed by atoms with Crippen LogP contribution in [0.3, 0.4) is 0 Å². The Morgan fingerprint density at radius 3 is 2.96 bits per heavy atom. The van der Waals surface area contributed by atoms with E-state index >= 15 is 0 Å². The Morgan fingerprint density at radius 2 is 2.17 bits per heavy atom. The molecule has 0 aliphatic heterocycles. The molecule has 1 unspecified atom stereocenters. The number of fused-ring (bicyclic) bond motifs is 1. The van der Waals surface area contributed by atoms with Crippen molar-refractivity contribution < 1.29 is 9.26 Å². The summed E-state index contributed by atoms with van der Waals surface area (Å²) in [6, 6.07) is 4.05. The molecule has 2 aromatic heterocycles. The molecule has 0 spiro atoms. The second-order valence-corrected chi connectivity index (χ2v) is 6.47. The van der Waals surface area contributed by atoms with E-state index in [-0.39, 0.29) is 6.10 Å². The predicted octanol–water partition coefficient (Wildman–Crippen LogP) is 4.19. The topological polar surface area (TPSA) is 76.8 Å². The van der Waals surface area contributed by atoms with Crippen LogP contribution in [0.15, 0.2) is 22.9 Å². The van der Waals surface area contributed by atoms with Crippen molar-refractivity contribution in [3.8, 4) is 11.5 Å². The number of aromatic amines is 1. The minimum absolute atomic E-state index is 0.0705. The third-order valence-electron chi connectivity index (χ3n) is 4.92. The lowest BCUT2D eigenvalue weighted by Gasteiger charge is -2.19. The van der Waals surface area contributed by atoms with Gasteiger partial charge in [0.15, 0.2) is 0 Å². The third kappa shape index (κ3) is 2.60. The average molecular weight is 326 g/mol. The molecule has 1 atom stereocenters. The summed E-state index contributed by atoms with van der Waals surface area (Å²) < 4.78 is 11.6. The first-order valence-corrected chi connectivity index (χ1v) is 8.66. The van der Waals surface area contributed by atoms with E-state index in [4.69, 9.17) is 14.2 Å². The van der Waals surface area contributed by atoms with Gasteiger partial charge in [0, 0.05) is 12.0 Å². The number of nitrogens with zero attached hydrogens (tertiary/aromatic N) is 3. The maximum absolute atomic E-state index is 5.96. The van der Waals surface area contributed by atoms with Crippen LogP contribution < -0.4 is 0 Å². The summed E-state index contributed by atoms with van der Waals surface area (Å²) in [4.78, 5) is 4.69. The van der Waals surface area contributed by atoms with Crippen molar-refractivity contribution in [1.29, 1.82) is 0 Å². The normalized spacial score (nSPS) is 16.9. The first kappa shape index (κ1) is 15.3. The number of aromatic nitrogens is 4. The number of ether oxygens (including phenoxy) is 1. The smallest absolute Gasteiger partial charge is 0.259 e. The highest BCUT2D eigenvalue weighted by Gasteiger charge is 2.31. The maximum Gasteiger partial charge on any atom is 0.259 e. The third-order valence-corrected chi connectivity index (χ3v) is 4.92. The summed E-state index contributed by atoms with van der Waals surface area (Å²) in [5, 5.41) is 12.4. The minimum atomic E-state index is -0.0705. The highest BCUT2D eigenvalue weighted by molar-refractivity contribution is 5.93. The van der Waals surface area contributed by atoms with Crippen molar-refractivity contribution in [3.05, 3.63) is 29.7 Å². The second kappa shape index (κ2) is 6.36. The minimum Gasteiger partial charge on any atom is -0.370 e. The second-order valence-electron chi connectivity index (χ2n) is 6.47. The molecule has 2 heterocycles. The van der Waals surface area contributed by atoms with E-state index in [1.165, 1.54) is 25.7 Å². The number of nitrogens with one attached hydrogen (secondary N) is 1. The van der Waals surface area contributed by atoms with Crippen molar-refractivity contribution >= 4 is 10.9 Å². The van der Waals surface area contributed by atoms with Gasteiger partial charge in [-0.1, -0.05) is 24.1 Å². The van der Waals surface area contributed by atoms with Gasteiger partial charge in [-0.3, -0.25) is 5.10 Å². The zero-order valence-electron chi connectivity index (χ0n) is 14.1. The molecule has 6 heteroatoms. The van der Waals surface area contributed by atoms with Gasteiger partial charge in [-0.15, -0.1) is 0 Å². The van der Waals surface area contributed by atoms with Gasteiger partial charge in [0.1, 0.15) is 6.10 Å². The van der Waals surface area contributed by atoms with Gasteiger partial charge in [0.05, 0.1) is 17.3 Å². The zero-order valence-corrected chi connectivity index (χ0v) is 14.1. The van der Waals surface area contributed by atoms with E-state index in [1.807, 2.05) is 26.0 Å². The lowest BCUT2D eigenvalue weighted by atomic mass is 10.00. The van der Waals surface area contributed by atoms with Crippen LogP contribution in [0, 0.1) is 12.8 Å². The molecule has 1 fully saturated rings.